The molecule has 0 saturated carbocycles. The fourth-order valence-corrected chi connectivity index (χ4v) is 5.36. The van der Waals surface area contributed by atoms with Gasteiger partial charge in [0.25, 0.3) is 0 Å². The number of fused-ring (bicyclic) bond motifs is 1. The van der Waals surface area contributed by atoms with E-state index in [1.165, 1.54) is 10.6 Å². The van der Waals surface area contributed by atoms with E-state index >= 15 is 0 Å². The lowest BCUT2D eigenvalue weighted by Crippen LogP contribution is -2.27. The minimum atomic E-state index is -3.23. The second-order valence-electron chi connectivity index (χ2n) is 6.92. The molecule has 6 nitrogen and oxygen atoms in total. The molecular weight excluding hydrogens is 408 g/mol. The monoisotopic (exact) mass is 430 g/mol. The number of anilines is 1. The van der Waals surface area contributed by atoms with Gasteiger partial charge in [-0.3, -0.25) is 4.31 Å². The molecule has 4 rings (SSSR count). The number of ether oxygens (including phenoxy) is 2. The first-order chi connectivity index (χ1) is 13.9. The molecule has 152 valence electrons. The third-order valence-electron chi connectivity index (χ3n) is 4.98. The number of benzene rings is 2. The normalized spacial score (nSPS) is 13.4. The first kappa shape index (κ1) is 19.7. The molecule has 0 bridgehead atoms. The Kier molecular flexibility index (Phi) is 5.23. The quantitative estimate of drug-likeness (QED) is 0.596. The van der Waals surface area contributed by atoms with E-state index in [2.05, 4.69) is 6.07 Å². The Morgan fingerprint density at radius 2 is 1.90 bits per heavy atom. The number of rotatable bonds is 6. The minimum absolute atomic E-state index is 0.499. The molecule has 2 heterocycles. The lowest BCUT2D eigenvalue weighted by molar-refractivity contribution is 0.354. The Bertz CT molecular complexity index is 1160. The summed E-state index contributed by atoms with van der Waals surface area (Å²) in [6, 6.07) is 11.8. The highest BCUT2D eigenvalue weighted by molar-refractivity contribution is 7.92. The van der Waals surface area contributed by atoms with Gasteiger partial charge >= 0.3 is 0 Å². The van der Waals surface area contributed by atoms with Gasteiger partial charge in [0.1, 0.15) is 0 Å². The number of nitrogens with zero attached hydrogens (tertiary/aromatic N) is 2. The molecule has 0 saturated heterocycles. The summed E-state index contributed by atoms with van der Waals surface area (Å²) in [7, 11) is 0.0141. The first-order valence-electron chi connectivity index (χ1n) is 9.15. The third kappa shape index (κ3) is 3.95. The summed E-state index contributed by atoms with van der Waals surface area (Å²) in [5.74, 6) is 1.41. The van der Waals surface area contributed by atoms with E-state index in [1.807, 2.05) is 35.7 Å². The standard InChI is InChI=1S/C21H22N2O4S2/c1-26-19-7-4-14(10-20(19)27-2)11-21-22-17(13-28-21)15-5-6-18-16(12-15)8-9-23(18)29(3,24)25/h4-7,10,12-13H,8-9,11H2,1-3H3. The summed E-state index contributed by atoms with van der Waals surface area (Å²) in [6.45, 7) is 0.499. The van der Waals surface area contributed by atoms with E-state index in [1.54, 1.807) is 25.6 Å². The molecule has 0 fully saturated rings. The molecule has 0 unspecified atom stereocenters. The molecule has 0 radical (unpaired) electrons. The average Bonchev–Trinajstić information content (AvgIpc) is 3.33. The highest BCUT2D eigenvalue weighted by Gasteiger charge is 2.26. The van der Waals surface area contributed by atoms with Crippen molar-refractivity contribution in [2.75, 3.05) is 31.3 Å². The van der Waals surface area contributed by atoms with Crippen LogP contribution in [0.2, 0.25) is 0 Å². The average molecular weight is 431 g/mol. The fraction of sp³-hybridized carbons (Fsp3) is 0.286. The van der Waals surface area contributed by atoms with Gasteiger partial charge in [-0.2, -0.15) is 0 Å². The Labute approximate surface area is 174 Å². The van der Waals surface area contributed by atoms with Crippen molar-refractivity contribution in [3.8, 4) is 22.8 Å². The summed E-state index contributed by atoms with van der Waals surface area (Å²) < 4.78 is 36.0. The number of hydrogen-bond acceptors (Lipinski definition) is 6. The highest BCUT2D eigenvalue weighted by atomic mass is 32.2. The molecule has 29 heavy (non-hydrogen) atoms. The lowest BCUT2D eigenvalue weighted by Gasteiger charge is -2.16. The zero-order valence-electron chi connectivity index (χ0n) is 16.5. The topological polar surface area (TPSA) is 68.7 Å². The first-order valence-corrected chi connectivity index (χ1v) is 11.9. The van der Waals surface area contributed by atoms with E-state index in [9.17, 15) is 8.42 Å². The molecule has 0 spiro atoms. The molecule has 3 aromatic rings. The van der Waals surface area contributed by atoms with Gasteiger partial charge < -0.3 is 9.47 Å². The van der Waals surface area contributed by atoms with Crippen LogP contribution in [0.1, 0.15) is 16.1 Å². The minimum Gasteiger partial charge on any atom is -0.493 e. The maximum absolute atomic E-state index is 11.9. The van der Waals surface area contributed by atoms with Crippen LogP contribution >= 0.6 is 11.3 Å². The largest absolute Gasteiger partial charge is 0.493 e. The van der Waals surface area contributed by atoms with Crippen molar-refractivity contribution < 1.29 is 17.9 Å². The van der Waals surface area contributed by atoms with Crippen LogP contribution < -0.4 is 13.8 Å². The Morgan fingerprint density at radius 3 is 2.62 bits per heavy atom. The van der Waals surface area contributed by atoms with Crippen LogP contribution in [0.25, 0.3) is 11.3 Å². The molecule has 0 aliphatic carbocycles. The van der Waals surface area contributed by atoms with Crippen LogP contribution in [-0.2, 0) is 22.9 Å². The highest BCUT2D eigenvalue weighted by Crippen LogP contribution is 2.34. The smallest absolute Gasteiger partial charge is 0.232 e. The number of sulfonamides is 1. The maximum atomic E-state index is 11.9. The number of hydrogen-bond donors (Lipinski definition) is 0. The molecule has 1 aromatic heterocycles. The van der Waals surface area contributed by atoms with Crippen LogP contribution in [0.4, 0.5) is 5.69 Å². The maximum Gasteiger partial charge on any atom is 0.232 e. The van der Waals surface area contributed by atoms with E-state index in [-0.39, 0.29) is 0 Å². The lowest BCUT2D eigenvalue weighted by atomic mass is 10.1. The fourth-order valence-electron chi connectivity index (χ4n) is 3.57. The Morgan fingerprint density at radius 1 is 1.10 bits per heavy atom. The second-order valence-corrected chi connectivity index (χ2v) is 9.77. The van der Waals surface area contributed by atoms with E-state index in [4.69, 9.17) is 14.5 Å². The third-order valence-corrected chi connectivity index (χ3v) is 7.01. The van der Waals surface area contributed by atoms with E-state index in [0.717, 1.165) is 39.5 Å². The molecule has 0 atom stereocenters. The van der Waals surface area contributed by atoms with Gasteiger partial charge in [0, 0.05) is 23.9 Å². The Balaban J connectivity index is 1.56. The second kappa shape index (κ2) is 7.68. The van der Waals surface area contributed by atoms with Crippen LogP contribution in [0.5, 0.6) is 11.5 Å². The summed E-state index contributed by atoms with van der Waals surface area (Å²) >= 11 is 1.61. The molecule has 0 amide bonds. The van der Waals surface area contributed by atoms with Gasteiger partial charge in [-0.05, 0) is 41.8 Å². The number of aromatic nitrogens is 1. The number of methoxy groups -OCH3 is 2. The zero-order chi connectivity index (χ0) is 20.6. The Hall–Kier alpha value is -2.58. The van der Waals surface area contributed by atoms with Gasteiger partial charge in [0.2, 0.25) is 10.0 Å². The number of thiazole rings is 1. The van der Waals surface area contributed by atoms with Crippen LogP contribution in [0.3, 0.4) is 0 Å². The molecule has 8 heteroatoms. The predicted molar refractivity (Wildman–Crippen MR) is 116 cm³/mol. The zero-order valence-corrected chi connectivity index (χ0v) is 18.1. The van der Waals surface area contributed by atoms with Crippen molar-refractivity contribution in [1.82, 2.24) is 4.98 Å². The van der Waals surface area contributed by atoms with Gasteiger partial charge in [-0.1, -0.05) is 12.1 Å². The molecular formula is C21H22N2O4S2. The van der Waals surface area contributed by atoms with Crippen molar-refractivity contribution in [3.63, 3.8) is 0 Å². The molecule has 0 N–H and O–H groups in total. The summed E-state index contributed by atoms with van der Waals surface area (Å²) in [5.41, 5.74) is 4.83. The van der Waals surface area contributed by atoms with Gasteiger partial charge in [0.05, 0.1) is 36.9 Å². The van der Waals surface area contributed by atoms with Crippen molar-refractivity contribution in [2.24, 2.45) is 0 Å². The molecule has 1 aliphatic rings. The van der Waals surface area contributed by atoms with Gasteiger partial charge in [0.15, 0.2) is 11.5 Å². The predicted octanol–water partition coefficient (Wildman–Crippen LogP) is 3.74. The van der Waals surface area contributed by atoms with Gasteiger partial charge in [-0.25, -0.2) is 13.4 Å². The summed E-state index contributed by atoms with van der Waals surface area (Å²) in [6.07, 6.45) is 2.67. The van der Waals surface area contributed by atoms with Gasteiger partial charge in [-0.15, -0.1) is 11.3 Å². The van der Waals surface area contributed by atoms with Crippen molar-refractivity contribution in [1.29, 1.82) is 0 Å². The molecule has 1 aliphatic heterocycles. The SMILES string of the molecule is COc1ccc(Cc2nc(-c3ccc4c(c3)CCN4S(C)(=O)=O)cs2)cc1OC. The van der Waals surface area contributed by atoms with Crippen molar-refractivity contribution in [2.45, 2.75) is 12.8 Å². The van der Waals surface area contributed by atoms with Crippen LogP contribution in [0.15, 0.2) is 41.8 Å². The summed E-state index contributed by atoms with van der Waals surface area (Å²) in [5, 5.41) is 3.05. The van der Waals surface area contributed by atoms with Crippen LogP contribution in [0, 0.1) is 0 Å². The van der Waals surface area contributed by atoms with E-state index in [0.29, 0.717) is 24.5 Å². The van der Waals surface area contributed by atoms with Crippen molar-refractivity contribution >= 4 is 27.0 Å². The van der Waals surface area contributed by atoms with E-state index < -0.39 is 10.0 Å². The van der Waals surface area contributed by atoms with Crippen LogP contribution in [-0.4, -0.2) is 40.4 Å². The molecule has 2 aromatic carbocycles. The van der Waals surface area contributed by atoms with Crippen molar-refractivity contribution in [3.05, 3.63) is 57.9 Å². The summed E-state index contributed by atoms with van der Waals surface area (Å²) in [4.78, 5) is 4.78.